The van der Waals surface area contributed by atoms with E-state index in [1.165, 1.54) is 0 Å². The predicted octanol–water partition coefficient (Wildman–Crippen LogP) is 3.81. The van der Waals surface area contributed by atoms with Crippen LogP contribution in [0.15, 0.2) is 24.3 Å². The molecule has 1 fully saturated rings. The van der Waals surface area contributed by atoms with Gasteiger partial charge in [-0.1, -0.05) is 0 Å². The molecular formula is C16H25ClN2O2. The SMILES string of the molecule is CC1(C)CCCC(C)(C)N1OC(=O)c1ccc(N)cc1.Cl. The number of anilines is 1. The highest BCUT2D eigenvalue weighted by Gasteiger charge is 2.44. The maximum atomic E-state index is 12.3. The van der Waals surface area contributed by atoms with E-state index in [4.69, 9.17) is 10.6 Å². The summed E-state index contributed by atoms with van der Waals surface area (Å²) in [7, 11) is 0. The Kier molecular flexibility index (Phi) is 5.29. The van der Waals surface area contributed by atoms with Crippen molar-refractivity contribution in [3.05, 3.63) is 29.8 Å². The van der Waals surface area contributed by atoms with E-state index in [1.807, 2.05) is 5.06 Å². The number of halogens is 1. The summed E-state index contributed by atoms with van der Waals surface area (Å²) in [6.45, 7) is 8.46. The number of carbonyl (C=O) groups excluding carboxylic acids is 1. The largest absolute Gasteiger partial charge is 0.399 e. The summed E-state index contributed by atoms with van der Waals surface area (Å²) >= 11 is 0. The van der Waals surface area contributed by atoms with Crippen LogP contribution in [0.2, 0.25) is 0 Å². The zero-order valence-corrected chi connectivity index (χ0v) is 14.0. The molecule has 1 aromatic rings. The zero-order chi connectivity index (χ0) is 15.0. The fourth-order valence-corrected chi connectivity index (χ4v) is 2.98. The fourth-order valence-electron chi connectivity index (χ4n) is 2.98. The van der Waals surface area contributed by atoms with Gasteiger partial charge in [0.1, 0.15) is 0 Å². The number of carbonyl (C=O) groups is 1. The Morgan fingerprint density at radius 3 is 2.05 bits per heavy atom. The molecule has 0 amide bonds. The average Bonchev–Trinajstić information content (AvgIpc) is 2.34. The van der Waals surface area contributed by atoms with Gasteiger partial charge in [-0.3, -0.25) is 0 Å². The van der Waals surface area contributed by atoms with Gasteiger partial charge in [-0.25, -0.2) is 4.79 Å². The monoisotopic (exact) mass is 312 g/mol. The molecule has 5 heteroatoms. The van der Waals surface area contributed by atoms with Crippen molar-refractivity contribution in [2.24, 2.45) is 0 Å². The molecule has 1 aromatic carbocycles. The van der Waals surface area contributed by atoms with E-state index < -0.39 is 0 Å². The molecule has 1 heterocycles. The molecule has 1 aliphatic heterocycles. The molecule has 118 valence electrons. The smallest absolute Gasteiger partial charge is 0.357 e. The second-order valence-electron chi connectivity index (χ2n) is 6.77. The van der Waals surface area contributed by atoms with E-state index in [9.17, 15) is 4.79 Å². The molecule has 0 bridgehead atoms. The highest BCUT2D eigenvalue weighted by Crippen LogP contribution is 2.38. The van der Waals surface area contributed by atoms with Crippen molar-refractivity contribution in [2.45, 2.75) is 58.0 Å². The first-order valence-corrected chi connectivity index (χ1v) is 7.11. The Labute approximate surface area is 133 Å². The van der Waals surface area contributed by atoms with E-state index in [1.54, 1.807) is 24.3 Å². The first kappa shape index (κ1) is 17.8. The van der Waals surface area contributed by atoms with Gasteiger partial charge in [0.05, 0.1) is 16.6 Å². The molecule has 1 saturated heterocycles. The molecule has 0 atom stereocenters. The molecule has 2 rings (SSSR count). The summed E-state index contributed by atoms with van der Waals surface area (Å²) < 4.78 is 0. The lowest BCUT2D eigenvalue weighted by atomic mass is 9.82. The van der Waals surface area contributed by atoms with Gasteiger partial charge in [0, 0.05) is 5.69 Å². The molecule has 0 unspecified atom stereocenters. The lowest BCUT2D eigenvalue weighted by Gasteiger charge is -2.50. The summed E-state index contributed by atoms with van der Waals surface area (Å²) in [6.07, 6.45) is 3.19. The Morgan fingerprint density at radius 2 is 1.57 bits per heavy atom. The number of hydrogen-bond donors (Lipinski definition) is 1. The standard InChI is InChI=1S/C16H24N2O2.ClH/c1-15(2)10-5-11-16(3,4)18(15)20-14(19)12-6-8-13(17)9-7-12;/h6-9H,5,10-11,17H2,1-4H3;1H. The molecule has 2 N–H and O–H groups in total. The van der Waals surface area contributed by atoms with Gasteiger partial charge in [0.15, 0.2) is 0 Å². The van der Waals surface area contributed by atoms with Crippen LogP contribution in [-0.4, -0.2) is 22.1 Å². The minimum atomic E-state index is -0.326. The summed E-state index contributed by atoms with van der Waals surface area (Å²) in [5.74, 6) is -0.326. The highest BCUT2D eigenvalue weighted by atomic mass is 35.5. The minimum absolute atomic E-state index is 0. The van der Waals surface area contributed by atoms with Crippen LogP contribution in [0, 0.1) is 0 Å². The quantitative estimate of drug-likeness (QED) is 0.844. The number of rotatable bonds is 2. The number of nitrogens with zero attached hydrogens (tertiary/aromatic N) is 1. The fraction of sp³-hybridized carbons (Fsp3) is 0.562. The summed E-state index contributed by atoms with van der Waals surface area (Å²) in [5.41, 5.74) is 6.50. The van der Waals surface area contributed by atoms with Crippen LogP contribution >= 0.6 is 12.4 Å². The van der Waals surface area contributed by atoms with Gasteiger partial charge in [0.25, 0.3) is 0 Å². The minimum Gasteiger partial charge on any atom is -0.399 e. The topological polar surface area (TPSA) is 55.6 Å². The number of hydroxylamine groups is 2. The number of hydrogen-bond acceptors (Lipinski definition) is 4. The van der Waals surface area contributed by atoms with Crippen molar-refractivity contribution < 1.29 is 9.63 Å². The summed E-state index contributed by atoms with van der Waals surface area (Å²) in [6, 6.07) is 6.81. The number of benzene rings is 1. The maximum absolute atomic E-state index is 12.3. The molecule has 0 aliphatic carbocycles. The van der Waals surface area contributed by atoms with Crippen LogP contribution in [0.25, 0.3) is 0 Å². The van der Waals surface area contributed by atoms with E-state index in [0.717, 1.165) is 19.3 Å². The van der Waals surface area contributed by atoms with Crippen LogP contribution < -0.4 is 5.73 Å². The molecule has 0 spiro atoms. The number of nitrogen functional groups attached to an aromatic ring is 1. The van der Waals surface area contributed by atoms with Crippen molar-refractivity contribution in [1.29, 1.82) is 0 Å². The summed E-state index contributed by atoms with van der Waals surface area (Å²) in [5, 5.41) is 1.86. The number of piperidine rings is 1. The Morgan fingerprint density at radius 1 is 1.10 bits per heavy atom. The van der Waals surface area contributed by atoms with Gasteiger partial charge in [-0.05, 0) is 71.2 Å². The third-order valence-electron chi connectivity index (χ3n) is 4.00. The lowest BCUT2D eigenvalue weighted by Crippen LogP contribution is -2.58. The van der Waals surface area contributed by atoms with Crippen LogP contribution in [-0.2, 0) is 4.84 Å². The van der Waals surface area contributed by atoms with Crippen molar-refractivity contribution in [3.8, 4) is 0 Å². The predicted molar refractivity (Wildman–Crippen MR) is 87.4 cm³/mol. The maximum Gasteiger partial charge on any atom is 0.357 e. The van der Waals surface area contributed by atoms with Crippen LogP contribution in [0.1, 0.15) is 57.3 Å². The molecule has 0 saturated carbocycles. The second-order valence-corrected chi connectivity index (χ2v) is 6.77. The van der Waals surface area contributed by atoms with E-state index in [0.29, 0.717) is 11.3 Å². The van der Waals surface area contributed by atoms with Crippen molar-refractivity contribution in [1.82, 2.24) is 5.06 Å². The van der Waals surface area contributed by atoms with Gasteiger partial charge >= 0.3 is 5.97 Å². The average molecular weight is 313 g/mol. The first-order chi connectivity index (χ1) is 9.22. The van der Waals surface area contributed by atoms with Crippen molar-refractivity contribution >= 4 is 24.1 Å². The van der Waals surface area contributed by atoms with Crippen LogP contribution in [0.4, 0.5) is 5.69 Å². The van der Waals surface area contributed by atoms with E-state index >= 15 is 0 Å². The third kappa shape index (κ3) is 3.89. The zero-order valence-electron chi connectivity index (χ0n) is 13.2. The molecule has 4 nitrogen and oxygen atoms in total. The second kappa shape index (κ2) is 6.24. The van der Waals surface area contributed by atoms with Crippen LogP contribution in [0.5, 0.6) is 0 Å². The molecule has 21 heavy (non-hydrogen) atoms. The van der Waals surface area contributed by atoms with Gasteiger partial charge in [-0.2, -0.15) is 0 Å². The van der Waals surface area contributed by atoms with Gasteiger partial charge in [0.2, 0.25) is 0 Å². The molecule has 1 aliphatic rings. The first-order valence-electron chi connectivity index (χ1n) is 7.11. The lowest BCUT2D eigenvalue weighted by molar-refractivity contribution is -0.240. The normalized spacial score (nSPS) is 20.4. The van der Waals surface area contributed by atoms with E-state index in [-0.39, 0.29) is 29.5 Å². The van der Waals surface area contributed by atoms with E-state index in [2.05, 4.69) is 27.7 Å². The molecular weight excluding hydrogens is 288 g/mol. The van der Waals surface area contributed by atoms with Crippen molar-refractivity contribution in [3.63, 3.8) is 0 Å². The van der Waals surface area contributed by atoms with Gasteiger partial charge < -0.3 is 10.6 Å². The highest BCUT2D eigenvalue weighted by molar-refractivity contribution is 5.89. The Bertz CT molecular complexity index is 482. The molecule has 0 aromatic heterocycles. The Balaban J connectivity index is 0.00000220. The number of nitrogens with two attached hydrogens (primary N) is 1. The van der Waals surface area contributed by atoms with Crippen molar-refractivity contribution in [2.75, 3.05) is 5.73 Å². The Hall–Kier alpha value is -1.26. The van der Waals surface area contributed by atoms with Crippen LogP contribution in [0.3, 0.4) is 0 Å². The third-order valence-corrected chi connectivity index (χ3v) is 4.00. The van der Waals surface area contributed by atoms with Gasteiger partial charge in [-0.15, -0.1) is 17.5 Å². The molecule has 0 radical (unpaired) electrons. The summed E-state index contributed by atoms with van der Waals surface area (Å²) in [4.78, 5) is 18.0.